The summed E-state index contributed by atoms with van der Waals surface area (Å²) >= 11 is 5.51. The number of allylic oxidation sites excluding steroid dienone is 1. The molecule has 1 aromatic carbocycles. The fourth-order valence-electron chi connectivity index (χ4n) is 1.03. The smallest absolute Gasteiger partial charge is 0.310 e. The van der Waals surface area contributed by atoms with E-state index in [0.717, 1.165) is 5.56 Å². The van der Waals surface area contributed by atoms with E-state index in [9.17, 15) is 4.79 Å². The van der Waals surface area contributed by atoms with Crippen LogP contribution in [0.5, 0.6) is 5.75 Å². The summed E-state index contributed by atoms with van der Waals surface area (Å²) in [7, 11) is 0. The molecule has 0 saturated heterocycles. The third-order valence-electron chi connectivity index (χ3n) is 1.80. The summed E-state index contributed by atoms with van der Waals surface area (Å²) in [5, 5.41) is 0. The maximum Gasteiger partial charge on any atom is 0.310 e. The van der Waals surface area contributed by atoms with Gasteiger partial charge in [0.25, 0.3) is 0 Å². The largest absolute Gasteiger partial charge is 0.427 e. The number of halogens is 1. The molecular formula is C12H13ClO2. The van der Waals surface area contributed by atoms with Gasteiger partial charge in [0, 0.05) is 12.3 Å². The van der Waals surface area contributed by atoms with Crippen LogP contribution in [0.3, 0.4) is 0 Å². The lowest BCUT2D eigenvalue weighted by Gasteiger charge is -2.02. The first kappa shape index (κ1) is 11.8. The molecule has 0 aliphatic carbocycles. The zero-order valence-electron chi connectivity index (χ0n) is 8.57. The molecule has 1 rings (SSSR count). The van der Waals surface area contributed by atoms with Crippen molar-refractivity contribution < 1.29 is 9.53 Å². The molecule has 0 unspecified atom stereocenters. The van der Waals surface area contributed by atoms with E-state index in [-0.39, 0.29) is 5.97 Å². The van der Waals surface area contributed by atoms with Crippen molar-refractivity contribution in [3.05, 3.63) is 35.9 Å². The molecule has 1 aromatic rings. The Morgan fingerprint density at radius 3 is 2.60 bits per heavy atom. The monoisotopic (exact) mass is 224 g/mol. The van der Waals surface area contributed by atoms with Gasteiger partial charge >= 0.3 is 5.97 Å². The molecular weight excluding hydrogens is 212 g/mol. The zero-order valence-corrected chi connectivity index (χ0v) is 9.33. The van der Waals surface area contributed by atoms with Crippen LogP contribution < -0.4 is 4.74 Å². The first-order valence-corrected chi connectivity index (χ1v) is 5.33. The Morgan fingerprint density at radius 2 is 2.07 bits per heavy atom. The first-order valence-electron chi connectivity index (χ1n) is 4.79. The molecule has 3 heteroatoms. The Bertz CT molecular complexity index is 341. The predicted molar refractivity (Wildman–Crippen MR) is 62.1 cm³/mol. The van der Waals surface area contributed by atoms with E-state index >= 15 is 0 Å². The molecule has 80 valence electrons. The van der Waals surface area contributed by atoms with Gasteiger partial charge in [-0.25, -0.2) is 0 Å². The lowest BCUT2D eigenvalue weighted by Crippen LogP contribution is -2.05. The average molecular weight is 225 g/mol. The van der Waals surface area contributed by atoms with Gasteiger partial charge in [-0.2, -0.15) is 0 Å². The third kappa shape index (κ3) is 4.17. The highest BCUT2D eigenvalue weighted by molar-refractivity contribution is 6.19. The number of alkyl halides is 1. The molecule has 0 fully saturated rings. The topological polar surface area (TPSA) is 26.3 Å². The fourth-order valence-corrected chi connectivity index (χ4v) is 1.12. The van der Waals surface area contributed by atoms with Crippen molar-refractivity contribution in [3.63, 3.8) is 0 Å². The summed E-state index contributed by atoms with van der Waals surface area (Å²) in [6.07, 6.45) is 4.15. The summed E-state index contributed by atoms with van der Waals surface area (Å²) in [4.78, 5) is 11.0. The van der Waals surface area contributed by atoms with E-state index in [4.69, 9.17) is 16.3 Å². The van der Waals surface area contributed by atoms with Crippen molar-refractivity contribution in [2.75, 3.05) is 5.88 Å². The van der Waals surface area contributed by atoms with Crippen LogP contribution in [0.15, 0.2) is 30.3 Å². The van der Waals surface area contributed by atoms with Gasteiger partial charge in [-0.05, 0) is 17.7 Å². The normalized spacial score (nSPS) is 10.5. The second-order valence-corrected chi connectivity index (χ2v) is 3.26. The van der Waals surface area contributed by atoms with Crippen molar-refractivity contribution in [1.29, 1.82) is 0 Å². The van der Waals surface area contributed by atoms with Crippen LogP contribution in [0.4, 0.5) is 0 Å². The zero-order chi connectivity index (χ0) is 11.1. The average Bonchev–Trinajstić information content (AvgIpc) is 2.28. The molecule has 0 amide bonds. The first-order chi connectivity index (χ1) is 7.26. The third-order valence-corrected chi connectivity index (χ3v) is 1.98. The number of rotatable bonds is 4. The van der Waals surface area contributed by atoms with Crippen molar-refractivity contribution >= 4 is 23.6 Å². The van der Waals surface area contributed by atoms with E-state index in [1.165, 1.54) is 0 Å². The number of hydrogen-bond acceptors (Lipinski definition) is 2. The van der Waals surface area contributed by atoms with Crippen LogP contribution in [-0.2, 0) is 4.79 Å². The molecule has 0 spiro atoms. The van der Waals surface area contributed by atoms with E-state index < -0.39 is 0 Å². The van der Waals surface area contributed by atoms with Crippen LogP contribution >= 0.6 is 11.6 Å². The molecule has 0 N–H and O–H groups in total. The number of benzene rings is 1. The van der Waals surface area contributed by atoms with Gasteiger partial charge in [-0.15, -0.1) is 11.6 Å². The Kier molecular flexibility index (Phi) is 4.91. The van der Waals surface area contributed by atoms with Crippen LogP contribution in [0.2, 0.25) is 0 Å². The summed E-state index contributed by atoms with van der Waals surface area (Å²) < 4.78 is 5.03. The van der Waals surface area contributed by atoms with Crippen LogP contribution in [0, 0.1) is 0 Å². The molecule has 0 bridgehead atoms. The maximum absolute atomic E-state index is 11.0. The van der Waals surface area contributed by atoms with Crippen LogP contribution in [-0.4, -0.2) is 11.8 Å². The van der Waals surface area contributed by atoms with Gasteiger partial charge in [-0.3, -0.25) is 4.79 Å². The number of ether oxygens (including phenoxy) is 1. The highest BCUT2D eigenvalue weighted by Gasteiger charge is 1.99. The molecule has 15 heavy (non-hydrogen) atoms. The van der Waals surface area contributed by atoms with E-state index in [1.807, 2.05) is 24.3 Å². The van der Waals surface area contributed by atoms with Gasteiger partial charge in [0.2, 0.25) is 0 Å². The van der Waals surface area contributed by atoms with E-state index in [2.05, 4.69) is 0 Å². The summed E-state index contributed by atoms with van der Waals surface area (Å²) in [5.74, 6) is 0.843. The lowest BCUT2D eigenvalue weighted by atomic mass is 10.2. The lowest BCUT2D eigenvalue weighted by molar-refractivity contribution is -0.134. The van der Waals surface area contributed by atoms with Gasteiger partial charge in [-0.1, -0.05) is 31.2 Å². The van der Waals surface area contributed by atoms with Crippen molar-refractivity contribution in [2.45, 2.75) is 13.3 Å². The molecule has 0 heterocycles. The molecule has 0 atom stereocenters. The van der Waals surface area contributed by atoms with Crippen LogP contribution in [0.25, 0.3) is 6.08 Å². The molecule has 0 aliphatic heterocycles. The summed E-state index contributed by atoms with van der Waals surface area (Å²) in [6.45, 7) is 1.76. The number of carbonyl (C=O) groups excluding carboxylic acids is 1. The molecule has 0 aliphatic rings. The minimum atomic E-state index is -0.223. The second kappa shape index (κ2) is 6.25. The van der Waals surface area contributed by atoms with E-state index in [1.54, 1.807) is 19.1 Å². The number of hydrogen-bond donors (Lipinski definition) is 0. The Labute approximate surface area is 94.5 Å². The number of carbonyl (C=O) groups is 1. The maximum atomic E-state index is 11.0. The van der Waals surface area contributed by atoms with Gasteiger partial charge in [0.15, 0.2) is 0 Å². The van der Waals surface area contributed by atoms with Crippen molar-refractivity contribution in [2.24, 2.45) is 0 Å². The van der Waals surface area contributed by atoms with Gasteiger partial charge < -0.3 is 4.74 Å². The molecule has 0 saturated carbocycles. The SMILES string of the molecule is CCC(=O)Oc1ccc(C=CCCl)cc1. The Balaban J connectivity index is 2.64. The highest BCUT2D eigenvalue weighted by atomic mass is 35.5. The fraction of sp³-hybridized carbons (Fsp3) is 0.250. The van der Waals surface area contributed by atoms with Crippen LogP contribution in [0.1, 0.15) is 18.9 Å². The van der Waals surface area contributed by atoms with Crippen molar-refractivity contribution in [3.8, 4) is 5.75 Å². The quantitative estimate of drug-likeness (QED) is 0.446. The highest BCUT2D eigenvalue weighted by Crippen LogP contribution is 2.13. The summed E-state index contributed by atoms with van der Waals surface area (Å²) in [5.41, 5.74) is 1.03. The minimum Gasteiger partial charge on any atom is -0.427 e. The van der Waals surface area contributed by atoms with Gasteiger partial charge in [0.1, 0.15) is 5.75 Å². The predicted octanol–water partition coefficient (Wildman–Crippen LogP) is 3.25. The standard InChI is InChI=1S/C12H13ClO2/c1-2-12(14)15-11-7-5-10(6-8-11)4-3-9-13/h3-8H,2,9H2,1H3. The second-order valence-electron chi connectivity index (χ2n) is 2.95. The minimum absolute atomic E-state index is 0.223. The molecule has 2 nitrogen and oxygen atoms in total. The Hall–Kier alpha value is -1.28. The Morgan fingerprint density at radius 1 is 1.40 bits per heavy atom. The summed E-state index contributed by atoms with van der Waals surface area (Å²) in [6, 6.07) is 7.28. The van der Waals surface area contributed by atoms with E-state index in [0.29, 0.717) is 18.1 Å². The molecule has 0 radical (unpaired) electrons. The molecule has 0 aromatic heterocycles. The number of esters is 1. The van der Waals surface area contributed by atoms with Gasteiger partial charge in [0.05, 0.1) is 0 Å². The van der Waals surface area contributed by atoms with Crippen molar-refractivity contribution in [1.82, 2.24) is 0 Å².